The SMILES string of the molecule is CC.CNC1(C)CCN(c2ccc(C)nc2)CC1. The molecule has 1 aromatic rings. The Morgan fingerprint density at radius 2 is 1.83 bits per heavy atom. The Hall–Kier alpha value is -1.09. The molecule has 1 aromatic heterocycles. The van der Waals surface area contributed by atoms with Crippen LogP contribution < -0.4 is 10.2 Å². The first-order valence-corrected chi connectivity index (χ1v) is 6.99. The number of aryl methyl sites for hydroxylation is 1. The number of nitrogens with zero attached hydrogens (tertiary/aromatic N) is 2. The summed E-state index contributed by atoms with van der Waals surface area (Å²) in [6.45, 7) is 10.6. The summed E-state index contributed by atoms with van der Waals surface area (Å²) >= 11 is 0. The van der Waals surface area contributed by atoms with Gasteiger partial charge in [0, 0.05) is 24.3 Å². The highest BCUT2D eigenvalue weighted by molar-refractivity contribution is 5.45. The molecule has 1 aliphatic heterocycles. The monoisotopic (exact) mass is 249 g/mol. The molecule has 0 aliphatic carbocycles. The summed E-state index contributed by atoms with van der Waals surface area (Å²) < 4.78 is 0. The summed E-state index contributed by atoms with van der Waals surface area (Å²) in [5.74, 6) is 0. The second kappa shape index (κ2) is 6.74. The van der Waals surface area contributed by atoms with Crippen molar-refractivity contribution in [2.75, 3.05) is 25.0 Å². The average Bonchev–Trinajstić information content (AvgIpc) is 2.43. The third-order valence-electron chi connectivity index (χ3n) is 3.73. The lowest BCUT2D eigenvalue weighted by atomic mass is 9.90. The lowest BCUT2D eigenvalue weighted by Gasteiger charge is -2.40. The molecule has 0 bridgehead atoms. The number of anilines is 1. The van der Waals surface area contributed by atoms with Crippen LogP contribution in [-0.4, -0.2) is 30.7 Å². The molecule has 0 radical (unpaired) electrons. The minimum atomic E-state index is 0.314. The zero-order valence-corrected chi connectivity index (χ0v) is 12.5. The second-order valence-corrected chi connectivity index (χ2v) is 4.96. The smallest absolute Gasteiger partial charge is 0.0552 e. The number of hydrogen-bond acceptors (Lipinski definition) is 3. The topological polar surface area (TPSA) is 28.2 Å². The summed E-state index contributed by atoms with van der Waals surface area (Å²) in [5, 5.41) is 3.42. The predicted molar refractivity (Wildman–Crippen MR) is 79.2 cm³/mol. The lowest BCUT2D eigenvalue weighted by molar-refractivity contribution is 0.305. The van der Waals surface area contributed by atoms with Crippen LogP contribution in [0.5, 0.6) is 0 Å². The molecule has 0 amide bonds. The van der Waals surface area contributed by atoms with Gasteiger partial charge in [-0.2, -0.15) is 0 Å². The third-order valence-corrected chi connectivity index (χ3v) is 3.73. The summed E-state index contributed by atoms with van der Waals surface area (Å²) in [4.78, 5) is 6.78. The number of aromatic nitrogens is 1. The van der Waals surface area contributed by atoms with Gasteiger partial charge >= 0.3 is 0 Å². The van der Waals surface area contributed by atoms with Gasteiger partial charge in [0.05, 0.1) is 11.9 Å². The third kappa shape index (κ3) is 3.70. The lowest BCUT2D eigenvalue weighted by Crippen LogP contribution is -2.50. The second-order valence-electron chi connectivity index (χ2n) is 4.96. The number of rotatable bonds is 2. The summed E-state index contributed by atoms with van der Waals surface area (Å²) in [6, 6.07) is 4.26. The van der Waals surface area contributed by atoms with Crippen LogP contribution in [0.15, 0.2) is 18.3 Å². The van der Waals surface area contributed by atoms with Crippen LogP contribution in [0.4, 0.5) is 5.69 Å². The van der Waals surface area contributed by atoms with Gasteiger partial charge in [0.1, 0.15) is 0 Å². The van der Waals surface area contributed by atoms with Crippen LogP contribution in [0, 0.1) is 6.92 Å². The molecule has 0 atom stereocenters. The van der Waals surface area contributed by atoms with Crippen LogP contribution in [-0.2, 0) is 0 Å². The van der Waals surface area contributed by atoms with E-state index in [0.29, 0.717) is 5.54 Å². The van der Waals surface area contributed by atoms with Crippen LogP contribution in [0.3, 0.4) is 0 Å². The highest BCUT2D eigenvalue weighted by Crippen LogP contribution is 2.25. The van der Waals surface area contributed by atoms with E-state index in [1.54, 1.807) is 0 Å². The van der Waals surface area contributed by atoms with Gasteiger partial charge in [0.2, 0.25) is 0 Å². The van der Waals surface area contributed by atoms with Crippen molar-refractivity contribution in [2.24, 2.45) is 0 Å². The van der Waals surface area contributed by atoms with Crippen LogP contribution >= 0.6 is 0 Å². The Kier molecular flexibility index (Phi) is 5.60. The Labute approximate surface area is 112 Å². The van der Waals surface area contributed by atoms with Crippen LogP contribution in [0.1, 0.15) is 39.3 Å². The molecule has 0 aromatic carbocycles. The molecule has 1 fully saturated rings. The molecular weight excluding hydrogens is 222 g/mol. The minimum absolute atomic E-state index is 0.314. The highest BCUT2D eigenvalue weighted by Gasteiger charge is 2.28. The van der Waals surface area contributed by atoms with Gasteiger partial charge in [-0.3, -0.25) is 4.98 Å². The first-order chi connectivity index (χ1) is 8.63. The number of nitrogens with one attached hydrogen (secondary N) is 1. The van der Waals surface area contributed by atoms with Crippen molar-refractivity contribution >= 4 is 5.69 Å². The van der Waals surface area contributed by atoms with E-state index in [1.807, 2.05) is 27.0 Å². The Balaban J connectivity index is 0.000000771. The summed E-state index contributed by atoms with van der Waals surface area (Å²) in [5.41, 5.74) is 2.65. The fraction of sp³-hybridized carbons (Fsp3) is 0.667. The van der Waals surface area contributed by atoms with Crippen LogP contribution in [0.25, 0.3) is 0 Å². The van der Waals surface area contributed by atoms with E-state index < -0.39 is 0 Å². The molecule has 1 N–H and O–H groups in total. The zero-order chi connectivity index (χ0) is 13.6. The first-order valence-electron chi connectivity index (χ1n) is 6.99. The Bertz CT molecular complexity index is 337. The van der Waals surface area contributed by atoms with Crippen molar-refractivity contribution in [3.8, 4) is 0 Å². The molecule has 18 heavy (non-hydrogen) atoms. The number of pyridine rings is 1. The largest absolute Gasteiger partial charge is 0.370 e. The van der Waals surface area contributed by atoms with E-state index in [2.05, 4.69) is 41.3 Å². The van der Waals surface area contributed by atoms with Gasteiger partial charge in [-0.15, -0.1) is 0 Å². The fourth-order valence-corrected chi connectivity index (χ4v) is 2.16. The molecule has 102 valence electrons. The van der Waals surface area contributed by atoms with Crippen molar-refractivity contribution in [3.63, 3.8) is 0 Å². The number of hydrogen-bond donors (Lipinski definition) is 1. The van der Waals surface area contributed by atoms with Crippen LogP contribution in [0.2, 0.25) is 0 Å². The molecule has 0 spiro atoms. The average molecular weight is 249 g/mol. The Morgan fingerprint density at radius 1 is 1.22 bits per heavy atom. The quantitative estimate of drug-likeness (QED) is 0.873. The molecule has 3 nitrogen and oxygen atoms in total. The first kappa shape index (κ1) is 15.0. The summed E-state index contributed by atoms with van der Waals surface area (Å²) in [6.07, 6.45) is 4.37. The molecule has 3 heteroatoms. The van der Waals surface area contributed by atoms with E-state index >= 15 is 0 Å². The van der Waals surface area contributed by atoms with Gasteiger partial charge in [0.15, 0.2) is 0 Å². The van der Waals surface area contributed by atoms with Gasteiger partial charge < -0.3 is 10.2 Å². The van der Waals surface area contributed by atoms with Crippen molar-refractivity contribution in [2.45, 2.75) is 46.1 Å². The van der Waals surface area contributed by atoms with E-state index in [9.17, 15) is 0 Å². The minimum Gasteiger partial charge on any atom is -0.370 e. The fourth-order valence-electron chi connectivity index (χ4n) is 2.16. The molecule has 2 rings (SSSR count). The van der Waals surface area contributed by atoms with Crippen molar-refractivity contribution in [1.29, 1.82) is 0 Å². The van der Waals surface area contributed by atoms with Gasteiger partial charge in [-0.25, -0.2) is 0 Å². The number of piperidine rings is 1. The maximum Gasteiger partial charge on any atom is 0.0552 e. The van der Waals surface area contributed by atoms with Gasteiger partial charge in [-0.1, -0.05) is 13.8 Å². The summed E-state index contributed by atoms with van der Waals surface area (Å²) in [7, 11) is 2.06. The van der Waals surface area contributed by atoms with E-state index in [4.69, 9.17) is 0 Å². The zero-order valence-electron chi connectivity index (χ0n) is 12.5. The van der Waals surface area contributed by atoms with E-state index in [1.165, 1.54) is 18.5 Å². The molecule has 0 saturated carbocycles. The molecule has 2 heterocycles. The van der Waals surface area contributed by atoms with E-state index in [0.717, 1.165) is 18.8 Å². The molecule has 1 saturated heterocycles. The van der Waals surface area contributed by atoms with Crippen molar-refractivity contribution in [3.05, 3.63) is 24.0 Å². The van der Waals surface area contributed by atoms with Crippen molar-refractivity contribution in [1.82, 2.24) is 10.3 Å². The predicted octanol–water partition coefficient (Wildman–Crippen LogP) is 2.99. The van der Waals surface area contributed by atoms with Gasteiger partial charge in [-0.05, 0) is 45.9 Å². The van der Waals surface area contributed by atoms with Crippen molar-refractivity contribution < 1.29 is 0 Å². The highest BCUT2D eigenvalue weighted by atomic mass is 15.2. The normalized spacial score (nSPS) is 17.9. The Morgan fingerprint density at radius 3 is 2.28 bits per heavy atom. The maximum absolute atomic E-state index is 4.35. The standard InChI is InChI=1S/C13H21N3.C2H6/c1-11-4-5-12(10-15-11)16-8-6-13(2,14-3)7-9-16;1-2/h4-5,10,14H,6-9H2,1-3H3;1-2H3. The molecule has 1 aliphatic rings. The molecular formula is C15H27N3. The molecule has 0 unspecified atom stereocenters. The van der Waals surface area contributed by atoms with Gasteiger partial charge in [0.25, 0.3) is 0 Å². The maximum atomic E-state index is 4.35. The van der Waals surface area contributed by atoms with E-state index in [-0.39, 0.29) is 0 Å².